The van der Waals surface area contributed by atoms with Crippen LogP contribution in [0.1, 0.15) is 35.2 Å². The number of rotatable bonds is 4. The van der Waals surface area contributed by atoms with Crippen molar-refractivity contribution >= 4 is 17.8 Å². The van der Waals surface area contributed by atoms with Crippen molar-refractivity contribution in [1.29, 1.82) is 0 Å². The molecule has 23 heavy (non-hydrogen) atoms. The molecule has 0 bridgehead atoms. The lowest BCUT2D eigenvalue weighted by Gasteiger charge is -2.26. The fraction of sp³-hybridized carbons (Fsp3) is 0.278. The number of hydrazone groups is 1. The number of carbonyl (C=O) groups is 1. The monoisotopic (exact) mass is 308 g/mol. The standard InChI is InChI=1S/C18H20N4O/c23-18(22-12-2-1-3-13-22)16-4-6-17(7-5-16)21-20-14-15-8-10-19-11-9-15/h4-11,14,21H,1-3,12-13H2. The third kappa shape index (κ3) is 4.16. The minimum absolute atomic E-state index is 0.122. The second kappa shape index (κ2) is 7.54. The van der Waals surface area contributed by atoms with Crippen molar-refractivity contribution < 1.29 is 4.79 Å². The highest BCUT2D eigenvalue weighted by molar-refractivity contribution is 5.94. The Labute approximate surface area is 136 Å². The van der Waals surface area contributed by atoms with E-state index in [1.165, 1.54) is 6.42 Å². The molecule has 2 aromatic rings. The number of carbonyl (C=O) groups excluding carboxylic acids is 1. The van der Waals surface area contributed by atoms with E-state index in [0.29, 0.717) is 0 Å². The van der Waals surface area contributed by atoms with Crippen LogP contribution in [0.5, 0.6) is 0 Å². The molecule has 1 N–H and O–H groups in total. The molecule has 0 saturated carbocycles. The maximum atomic E-state index is 12.4. The van der Waals surface area contributed by atoms with Crippen molar-refractivity contribution in [2.24, 2.45) is 5.10 Å². The summed E-state index contributed by atoms with van der Waals surface area (Å²) in [5.74, 6) is 0.122. The number of nitrogens with zero attached hydrogens (tertiary/aromatic N) is 3. The summed E-state index contributed by atoms with van der Waals surface area (Å²) in [4.78, 5) is 18.3. The van der Waals surface area contributed by atoms with Crippen LogP contribution in [0.2, 0.25) is 0 Å². The average molecular weight is 308 g/mol. The molecule has 1 aromatic carbocycles. The normalized spacial score (nSPS) is 14.9. The first kappa shape index (κ1) is 15.2. The molecule has 5 heteroatoms. The van der Waals surface area contributed by atoms with E-state index in [1.54, 1.807) is 18.6 Å². The molecule has 1 saturated heterocycles. The van der Waals surface area contributed by atoms with Crippen molar-refractivity contribution in [2.45, 2.75) is 19.3 Å². The van der Waals surface area contributed by atoms with E-state index in [4.69, 9.17) is 0 Å². The Morgan fingerprint density at radius 3 is 2.43 bits per heavy atom. The van der Waals surface area contributed by atoms with Crippen LogP contribution in [0.15, 0.2) is 53.9 Å². The van der Waals surface area contributed by atoms with Crippen LogP contribution in [0.3, 0.4) is 0 Å². The van der Waals surface area contributed by atoms with Gasteiger partial charge in [-0.15, -0.1) is 0 Å². The molecule has 3 rings (SSSR count). The fourth-order valence-electron chi connectivity index (χ4n) is 2.60. The predicted octanol–water partition coefficient (Wildman–Crippen LogP) is 3.15. The van der Waals surface area contributed by atoms with Gasteiger partial charge in [0.1, 0.15) is 0 Å². The first-order chi connectivity index (χ1) is 11.3. The summed E-state index contributed by atoms with van der Waals surface area (Å²) in [5, 5.41) is 4.18. The number of hydrogen-bond acceptors (Lipinski definition) is 4. The Bertz CT molecular complexity index is 661. The van der Waals surface area contributed by atoms with Gasteiger partial charge in [-0.25, -0.2) is 0 Å². The number of anilines is 1. The zero-order chi connectivity index (χ0) is 15.9. The summed E-state index contributed by atoms with van der Waals surface area (Å²) >= 11 is 0. The summed E-state index contributed by atoms with van der Waals surface area (Å²) in [6.45, 7) is 1.74. The Hall–Kier alpha value is -2.69. The van der Waals surface area contributed by atoms with E-state index >= 15 is 0 Å². The van der Waals surface area contributed by atoms with Crippen molar-refractivity contribution in [3.63, 3.8) is 0 Å². The number of hydrogen-bond donors (Lipinski definition) is 1. The van der Waals surface area contributed by atoms with Crippen LogP contribution in [-0.2, 0) is 0 Å². The van der Waals surface area contributed by atoms with Gasteiger partial charge in [-0.1, -0.05) is 0 Å². The Balaban J connectivity index is 1.58. The molecule has 0 spiro atoms. The number of nitrogens with one attached hydrogen (secondary N) is 1. The largest absolute Gasteiger partial charge is 0.339 e. The number of benzene rings is 1. The summed E-state index contributed by atoms with van der Waals surface area (Å²) in [6, 6.07) is 11.2. The van der Waals surface area contributed by atoms with Gasteiger partial charge in [-0.05, 0) is 61.2 Å². The molecule has 1 aliphatic rings. The van der Waals surface area contributed by atoms with Crippen molar-refractivity contribution in [3.05, 3.63) is 59.9 Å². The van der Waals surface area contributed by atoms with Gasteiger partial charge in [0, 0.05) is 31.0 Å². The lowest BCUT2D eigenvalue weighted by molar-refractivity contribution is 0.0724. The van der Waals surface area contributed by atoms with Gasteiger partial charge in [0.25, 0.3) is 5.91 Å². The molecule has 1 aromatic heterocycles. The number of amides is 1. The Morgan fingerprint density at radius 2 is 1.74 bits per heavy atom. The minimum atomic E-state index is 0.122. The molecule has 2 heterocycles. The van der Waals surface area contributed by atoms with Crippen LogP contribution < -0.4 is 5.43 Å². The van der Waals surface area contributed by atoms with E-state index in [9.17, 15) is 4.79 Å². The topological polar surface area (TPSA) is 57.6 Å². The van der Waals surface area contributed by atoms with Crippen molar-refractivity contribution in [2.75, 3.05) is 18.5 Å². The lowest BCUT2D eigenvalue weighted by atomic mass is 10.1. The zero-order valence-corrected chi connectivity index (χ0v) is 13.0. The van der Waals surface area contributed by atoms with Gasteiger partial charge < -0.3 is 4.90 Å². The van der Waals surface area contributed by atoms with E-state index in [-0.39, 0.29) is 5.91 Å². The minimum Gasteiger partial charge on any atom is -0.339 e. The first-order valence-corrected chi connectivity index (χ1v) is 7.91. The zero-order valence-electron chi connectivity index (χ0n) is 13.0. The molecule has 0 aliphatic carbocycles. The summed E-state index contributed by atoms with van der Waals surface area (Å²) in [7, 11) is 0. The van der Waals surface area contributed by atoms with Gasteiger partial charge >= 0.3 is 0 Å². The molecule has 0 atom stereocenters. The maximum Gasteiger partial charge on any atom is 0.253 e. The Kier molecular flexibility index (Phi) is 4.99. The summed E-state index contributed by atoms with van der Waals surface area (Å²) in [6.07, 6.45) is 8.62. The fourth-order valence-corrected chi connectivity index (χ4v) is 2.60. The molecule has 1 amide bonds. The maximum absolute atomic E-state index is 12.4. The van der Waals surface area contributed by atoms with Gasteiger partial charge in [-0.3, -0.25) is 15.2 Å². The van der Waals surface area contributed by atoms with Crippen LogP contribution in [0.25, 0.3) is 0 Å². The molecule has 0 unspecified atom stereocenters. The lowest BCUT2D eigenvalue weighted by Crippen LogP contribution is -2.35. The molecule has 118 valence electrons. The third-order valence-electron chi connectivity index (χ3n) is 3.89. The predicted molar refractivity (Wildman–Crippen MR) is 91.7 cm³/mol. The smallest absolute Gasteiger partial charge is 0.253 e. The van der Waals surface area contributed by atoms with E-state index in [1.807, 2.05) is 41.3 Å². The Morgan fingerprint density at radius 1 is 1.04 bits per heavy atom. The van der Waals surface area contributed by atoms with Crippen LogP contribution in [-0.4, -0.2) is 35.1 Å². The summed E-state index contributed by atoms with van der Waals surface area (Å²) in [5.41, 5.74) is 5.52. The number of aromatic nitrogens is 1. The quantitative estimate of drug-likeness (QED) is 0.697. The SMILES string of the molecule is O=C(c1ccc(NN=Cc2ccncc2)cc1)N1CCCCC1. The van der Waals surface area contributed by atoms with E-state index in [2.05, 4.69) is 15.5 Å². The highest BCUT2D eigenvalue weighted by Gasteiger charge is 2.17. The molecule has 1 fully saturated rings. The number of likely N-dealkylation sites (tertiary alicyclic amines) is 1. The molecule has 5 nitrogen and oxygen atoms in total. The third-order valence-corrected chi connectivity index (χ3v) is 3.89. The number of piperidine rings is 1. The number of pyridine rings is 1. The van der Waals surface area contributed by atoms with Gasteiger partial charge in [0.2, 0.25) is 0 Å². The van der Waals surface area contributed by atoms with Crippen molar-refractivity contribution in [3.8, 4) is 0 Å². The highest BCUT2D eigenvalue weighted by Crippen LogP contribution is 2.15. The molecule has 1 aliphatic heterocycles. The first-order valence-electron chi connectivity index (χ1n) is 7.91. The molecular formula is C18H20N4O. The second-order valence-corrected chi connectivity index (χ2v) is 5.58. The van der Waals surface area contributed by atoms with Gasteiger partial charge in [0.15, 0.2) is 0 Å². The second-order valence-electron chi connectivity index (χ2n) is 5.58. The average Bonchev–Trinajstić information content (AvgIpc) is 2.63. The van der Waals surface area contributed by atoms with Gasteiger partial charge in [0.05, 0.1) is 11.9 Å². The van der Waals surface area contributed by atoms with E-state index < -0.39 is 0 Å². The van der Waals surface area contributed by atoms with Crippen LogP contribution in [0, 0.1) is 0 Å². The highest BCUT2D eigenvalue weighted by atomic mass is 16.2. The van der Waals surface area contributed by atoms with Gasteiger partial charge in [-0.2, -0.15) is 5.10 Å². The summed E-state index contributed by atoms with van der Waals surface area (Å²) < 4.78 is 0. The van der Waals surface area contributed by atoms with Crippen LogP contribution in [0.4, 0.5) is 5.69 Å². The molecular weight excluding hydrogens is 288 g/mol. The van der Waals surface area contributed by atoms with Crippen LogP contribution >= 0.6 is 0 Å². The molecule has 0 radical (unpaired) electrons. The van der Waals surface area contributed by atoms with E-state index in [0.717, 1.165) is 42.7 Å². The van der Waals surface area contributed by atoms with Crippen molar-refractivity contribution in [1.82, 2.24) is 9.88 Å².